The van der Waals surface area contributed by atoms with Gasteiger partial charge in [0.1, 0.15) is 0 Å². The lowest BCUT2D eigenvalue weighted by Crippen LogP contribution is -2.37. The zero-order valence-electron chi connectivity index (χ0n) is 15.2. The molecule has 1 saturated heterocycles. The second kappa shape index (κ2) is 9.02. The van der Waals surface area contributed by atoms with Gasteiger partial charge in [-0.3, -0.25) is 9.59 Å². The predicted molar refractivity (Wildman–Crippen MR) is 105 cm³/mol. The van der Waals surface area contributed by atoms with Crippen molar-refractivity contribution in [3.8, 4) is 0 Å². The highest BCUT2D eigenvalue weighted by Gasteiger charge is 2.40. The number of nitrogens with zero attached hydrogens (tertiary/aromatic N) is 1. The monoisotopic (exact) mass is 386 g/mol. The number of ether oxygens (including phenoxy) is 1. The molecule has 1 fully saturated rings. The molecule has 1 aliphatic heterocycles. The van der Waals surface area contributed by atoms with E-state index in [4.69, 9.17) is 16.3 Å². The van der Waals surface area contributed by atoms with E-state index in [-0.39, 0.29) is 23.7 Å². The third-order valence-corrected chi connectivity index (χ3v) is 5.12. The van der Waals surface area contributed by atoms with E-state index >= 15 is 0 Å². The summed E-state index contributed by atoms with van der Waals surface area (Å²) < 4.78 is 5.00. The molecule has 5 nitrogen and oxygen atoms in total. The molecule has 3 rings (SSSR count). The van der Waals surface area contributed by atoms with Crippen LogP contribution in [0, 0.1) is 5.92 Å². The SMILES string of the molecule is COCCNC(=O)[C@@H]1CN(C(=O)c2ccc(Cl)cc2)C[C@H]1c1ccccc1. The maximum Gasteiger partial charge on any atom is 0.253 e. The van der Waals surface area contributed by atoms with Crippen LogP contribution in [0.15, 0.2) is 54.6 Å². The Morgan fingerprint density at radius 2 is 1.81 bits per heavy atom. The number of benzene rings is 2. The summed E-state index contributed by atoms with van der Waals surface area (Å²) in [6, 6.07) is 16.7. The van der Waals surface area contributed by atoms with Crippen molar-refractivity contribution in [2.75, 3.05) is 33.4 Å². The first-order valence-corrected chi connectivity index (χ1v) is 9.34. The molecule has 0 aliphatic carbocycles. The van der Waals surface area contributed by atoms with Crippen LogP contribution in [0.4, 0.5) is 0 Å². The fraction of sp³-hybridized carbons (Fsp3) is 0.333. The van der Waals surface area contributed by atoms with Gasteiger partial charge >= 0.3 is 0 Å². The van der Waals surface area contributed by atoms with E-state index in [0.717, 1.165) is 5.56 Å². The van der Waals surface area contributed by atoms with Crippen LogP contribution in [0.25, 0.3) is 0 Å². The Hall–Kier alpha value is -2.37. The average Bonchev–Trinajstić information content (AvgIpc) is 3.14. The summed E-state index contributed by atoms with van der Waals surface area (Å²) in [6.07, 6.45) is 0. The zero-order valence-corrected chi connectivity index (χ0v) is 16.0. The highest BCUT2D eigenvalue weighted by molar-refractivity contribution is 6.30. The summed E-state index contributed by atoms with van der Waals surface area (Å²) in [5, 5.41) is 3.50. The maximum absolute atomic E-state index is 12.9. The van der Waals surface area contributed by atoms with E-state index in [1.54, 1.807) is 36.3 Å². The van der Waals surface area contributed by atoms with Gasteiger partial charge < -0.3 is 15.0 Å². The number of hydrogen-bond acceptors (Lipinski definition) is 3. The molecule has 0 aromatic heterocycles. The third kappa shape index (κ3) is 4.67. The smallest absolute Gasteiger partial charge is 0.253 e. The Kier molecular flexibility index (Phi) is 6.48. The first kappa shape index (κ1) is 19.4. The highest BCUT2D eigenvalue weighted by Crippen LogP contribution is 2.33. The molecule has 6 heteroatoms. The number of methoxy groups -OCH3 is 1. The van der Waals surface area contributed by atoms with Crippen molar-refractivity contribution in [1.29, 1.82) is 0 Å². The summed E-state index contributed by atoms with van der Waals surface area (Å²) in [4.78, 5) is 27.4. The first-order valence-electron chi connectivity index (χ1n) is 8.96. The standard InChI is InChI=1S/C21H23ClN2O3/c1-27-12-11-23-20(25)19-14-24(13-18(19)15-5-3-2-4-6-15)21(26)16-7-9-17(22)10-8-16/h2-10,18-19H,11-14H2,1H3,(H,23,25)/t18-,19+/m0/s1. The minimum atomic E-state index is -0.291. The number of carbonyl (C=O) groups excluding carboxylic acids is 2. The van der Waals surface area contributed by atoms with Crippen molar-refractivity contribution in [3.05, 3.63) is 70.7 Å². The van der Waals surface area contributed by atoms with E-state index in [2.05, 4.69) is 5.32 Å². The summed E-state index contributed by atoms with van der Waals surface area (Å²) in [5.41, 5.74) is 1.64. The Labute approximate surface area is 164 Å². The lowest BCUT2D eigenvalue weighted by Gasteiger charge is -2.18. The quantitative estimate of drug-likeness (QED) is 0.776. The van der Waals surface area contributed by atoms with Gasteiger partial charge in [0.25, 0.3) is 5.91 Å². The summed E-state index contributed by atoms with van der Waals surface area (Å²) in [6.45, 7) is 1.81. The van der Waals surface area contributed by atoms with Gasteiger partial charge in [-0.1, -0.05) is 41.9 Å². The first-order chi connectivity index (χ1) is 13.1. The molecular weight excluding hydrogens is 364 g/mol. The lowest BCUT2D eigenvalue weighted by molar-refractivity contribution is -0.125. The fourth-order valence-corrected chi connectivity index (χ4v) is 3.58. The number of nitrogens with one attached hydrogen (secondary N) is 1. The second-order valence-electron chi connectivity index (χ2n) is 6.62. The van der Waals surface area contributed by atoms with Crippen LogP contribution in [0.1, 0.15) is 21.8 Å². The van der Waals surface area contributed by atoms with Crippen molar-refractivity contribution in [3.63, 3.8) is 0 Å². The number of hydrogen-bond donors (Lipinski definition) is 1. The van der Waals surface area contributed by atoms with E-state index < -0.39 is 0 Å². The molecule has 0 spiro atoms. The molecular formula is C21H23ClN2O3. The average molecular weight is 387 g/mol. The fourth-order valence-electron chi connectivity index (χ4n) is 3.46. The molecule has 2 aromatic carbocycles. The Morgan fingerprint density at radius 1 is 1.11 bits per heavy atom. The number of likely N-dealkylation sites (tertiary alicyclic amines) is 1. The van der Waals surface area contributed by atoms with E-state index in [1.165, 1.54) is 0 Å². The Balaban J connectivity index is 1.79. The molecule has 2 atom stereocenters. The molecule has 0 radical (unpaired) electrons. The van der Waals surface area contributed by atoms with Gasteiger partial charge in [-0.05, 0) is 29.8 Å². The summed E-state index contributed by atoms with van der Waals surface area (Å²) >= 11 is 5.92. The van der Waals surface area contributed by atoms with Gasteiger partial charge in [0.2, 0.25) is 5.91 Å². The Morgan fingerprint density at radius 3 is 2.48 bits per heavy atom. The van der Waals surface area contributed by atoms with Crippen molar-refractivity contribution in [2.45, 2.75) is 5.92 Å². The topological polar surface area (TPSA) is 58.6 Å². The van der Waals surface area contributed by atoms with Crippen molar-refractivity contribution in [2.24, 2.45) is 5.92 Å². The number of carbonyl (C=O) groups is 2. The molecule has 27 heavy (non-hydrogen) atoms. The Bertz CT molecular complexity index is 780. The molecule has 0 bridgehead atoms. The van der Waals surface area contributed by atoms with Crippen LogP contribution in [0.2, 0.25) is 5.02 Å². The number of rotatable bonds is 6. The van der Waals surface area contributed by atoms with Gasteiger partial charge in [0, 0.05) is 43.2 Å². The molecule has 2 amide bonds. The molecule has 0 unspecified atom stereocenters. The molecule has 1 heterocycles. The largest absolute Gasteiger partial charge is 0.383 e. The zero-order chi connectivity index (χ0) is 19.2. The molecule has 1 N–H and O–H groups in total. The van der Waals surface area contributed by atoms with Crippen LogP contribution in [-0.2, 0) is 9.53 Å². The summed E-state index contributed by atoms with van der Waals surface area (Å²) in [5.74, 6) is -0.461. The summed E-state index contributed by atoms with van der Waals surface area (Å²) in [7, 11) is 1.60. The van der Waals surface area contributed by atoms with Crippen molar-refractivity contribution < 1.29 is 14.3 Å². The maximum atomic E-state index is 12.9. The molecule has 0 saturated carbocycles. The normalized spacial score (nSPS) is 19.1. The molecule has 142 valence electrons. The predicted octanol–water partition coefficient (Wildman–Crippen LogP) is 2.96. The number of halogens is 1. The van der Waals surface area contributed by atoms with Gasteiger partial charge in [-0.2, -0.15) is 0 Å². The van der Waals surface area contributed by atoms with Crippen LogP contribution in [-0.4, -0.2) is 50.1 Å². The van der Waals surface area contributed by atoms with Crippen LogP contribution >= 0.6 is 11.6 Å². The van der Waals surface area contributed by atoms with Crippen molar-refractivity contribution in [1.82, 2.24) is 10.2 Å². The van der Waals surface area contributed by atoms with Crippen LogP contribution in [0.3, 0.4) is 0 Å². The van der Waals surface area contributed by atoms with Crippen LogP contribution < -0.4 is 5.32 Å². The van der Waals surface area contributed by atoms with Gasteiger partial charge in [0.15, 0.2) is 0 Å². The molecule has 2 aromatic rings. The highest BCUT2D eigenvalue weighted by atomic mass is 35.5. The van der Waals surface area contributed by atoms with Crippen LogP contribution in [0.5, 0.6) is 0 Å². The minimum absolute atomic E-state index is 0.0370. The minimum Gasteiger partial charge on any atom is -0.383 e. The van der Waals surface area contributed by atoms with E-state index in [9.17, 15) is 9.59 Å². The van der Waals surface area contributed by atoms with Gasteiger partial charge in [-0.25, -0.2) is 0 Å². The number of amides is 2. The molecule has 1 aliphatic rings. The van der Waals surface area contributed by atoms with Crippen molar-refractivity contribution >= 4 is 23.4 Å². The third-order valence-electron chi connectivity index (χ3n) is 4.87. The second-order valence-corrected chi connectivity index (χ2v) is 7.06. The van der Waals surface area contributed by atoms with Gasteiger partial charge in [-0.15, -0.1) is 0 Å². The van der Waals surface area contributed by atoms with E-state index in [1.807, 2.05) is 30.3 Å². The van der Waals surface area contributed by atoms with Gasteiger partial charge in [0.05, 0.1) is 12.5 Å². The van der Waals surface area contributed by atoms with E-state index in [0.29, 0.717) is 36.8 Å². The lowest BCUT2D eigenvalue weighted by atomic mass is 9.88.